The Kier molecular flexibility index (Phi) is 7.26. The van der Waals surface area contributed by atoms with Gasteiger partial charge in [0.05, 0.1) is 24.8 Å². The summed E-state index contributed by atoms with van der Waals surface area (Å²) >= 11 is 0. The van der Waals surface area contributed by atoms with Gasteiger partial charge in [0, 0.05) is 24.8 Å². The molecule has 0 bridgehead atoms. The van der Waals surface area contributed by atoms with Gasteiger partial charge in [-0.1, -0.05) is 13.8 Å². The molecule has 1 aliphatic rings. The lowest BCUT2D eigenvalue weighted by atomic mass is 9.99. The van der Waals surface area contributed by atoms with Crippen LogP contribution in [0.2, 0.25) is 0 Å². The molecule has 1 heterocycles. The van der Waals surface area contributed by atoms with Crippen molar-refractivity contribution in [1.29, 1.82) is 0 Å². The highest BCUT2D eigenvalue weighted by molar-refractivity contribution is 5.95. The maximum atomic E-state index is 13.2. The summed E-state index contributed by atoms with van der Waals surface area (Å²) in [5.41, 5.74) is 0.129. The predicted octanol–water partition coefficient (Wildman–Crippen LogP) is 2.15. The van der Waals surface area contributed by atoms with Crippen molar-refractivity contribution >= 4 is 17.5 Å². The van der Waals surface area contributed by atoms with E-state index in [1.807, 2.05) is 27.7 Å². The molecule has 0 aromatic heterocycles. The number of carbonyl (C=O) groups is 2. The Balaban J connectivity index is 1.93. The lowest BCUT2D eigenvalue weighted by Crippen LogP contribution is -2.57. The van der Waals surface area contributed by atoms with Crippen LogP contribution in [0.1, 0.15) is 27.7 Å². The van der Waals surface area contributed by atoms with E-state index in [2.05, 4.69) is 15.5 Å². The molecule has 0 aliphatic carbocycles. The topological polar surface area (TPSA) is 70.7 Å². The number of ether oxygens (including phenoxy) is 1. The fraction of sp³-hybridized carbons (Fsp3) is 0.579. The number of hydrogen-bond donors (Lipinski definition) is 2. The number of morpholine rings is 1. The smallest absolute Gasteiger partial charge is 0.243 e. The fourth-order valence-corrected chi connectivity index (χ4v) is 3.39. The molecule has 6 nitrogen and oxygen atoms in total. The van der Waals surface area contributed by atoms with E-state index < -0.39 is 17.5 Å². The zero-order chi connectivity index (χ0) is 20.1. The summed E-state index contributed by atoms with van der Waals surface area (Å²) in [5.74, 6) is -2.74. The van der Waals surface area contributed by atoms with E-state index in [0.717, 1.165) is 12.1 Å². The second-order valence-corrected chi connectivity index (χ2v) is 7.29. The first-order valence-electron chi connectivity index (χ1n) is 9.09. The van der Waals surface area contributed by atoms with E-state index in [9.17, 15) is 18.4 Å². The lowest BCUT2D eigenvalue weighted by Gasteiger charge is -2.40. The number of amides is 2. The van der Waals surface area contributed by atoms with E-state index in [4.69, 9.17) is 4.74 Å². The van der Waals surface area contributed by atoms with Crippen molar-refractivity contribution in [3.8, 4) is 0 Å². The summed E-state index contributed by atoms with van der Waals surface area (Å²) in [6.45, 7) is 8.87. The molecule has 2 rings (SSSR count). The minimum atomic E-state index is -1.05. The van der Waals surface area contributed by atoms with Crippen molar-refractivity contribution in [1.82, 2.24) is 10.2 Å². The largest absolute Gasteiger partial charge is 0.373 e. The number of nitrogens with zero attached hydrogens (tertiary/aromatic N) is 1. The molecule has 2 amide bonds. The molecule has 1 fully saturated rings. The molecule has 1 aliphatic heterocycles. The van der Waals surface area contributed by atoms with Crippen LogP contribution in [-0.2, 0) is 14.3 Å². The summed E-state index contributed by atoms with van der Waals surface area (Å²) in [4.78, 5) is 26.8. The SMILES string of the molecule is CC(C)[C@@H](C(=O)NCC(=O)Nc1ccc(F)c(F)c1)N1C[C@@H](C)O[C@H](C)C1. The Bertz CT molecular complexity index is 674. The van der Waals surface area contributed by atoms with Gasteiger partial charge in [0.25, 0.3) is 0 Å². The average molecular weight is 383 g/mol. The van der Waals surface area contributed by atoms with Gasteiger partial charge in [-0.25, -0.2) is 8.78 Å². The van der Waals surface area contributed by atoms with Crippen LogP contribution in [0.25, 0.3) is 0 Å². The number of nitrogens with one attached hydrogen (secondary N) is 2. The van der Waals surface area contributed by atoms with Crippen LogP contribution in [0.5, 0.6) is 0 Å². The fourth-order valence-electron chi connectivity index (χ4n) is 3.39. The van der Waals surface area contributed by atoms with Gasteiger partial charge in [0.1, 0.15) is 0 Å². The van der Waals surface area contributed by atoms with Crippen LogP contribution >= 0.6 is 0 Å². The standard InChI is InChI=1S/C19H27F2N3O3/c1-11(2)18(24-9-12(3)27-13(4)10-24)19(26)22-8-17(25)23-14-5-6-15(20)16(21)7-14/h5-7,11-13,18H,8-10H2,1-4H3,(H,22,26)(H,23,25)/t12-,13-,18+/m1/s1. The molecular weight excluding hydrogens is 356 g/mol. The minimum Gasteiger partial charge on any atom is -0.373 e. The van der Waals surface area contributed by atoms with Crippen molar-refractivity contribution in [3.05, 3.63) is 29.8 Å². The molecule has 1 aromatic carbocycles. The summed E-state index contributed by atoms with van der Waals surface area (Å²) in [7, 11) is 0. The first kappa shape index (κ1) is 21.2. The third-order valence-electron chi connectivity index (χ3n) is 4.37. The molecule has 150 valence electrons. The lowest BCUT2D eigenvalue weighted by molar-refractivity contribution is -0.136. The highest BCUT2D eigenvalue weighted by atomic mass is 19.2. The molecule has 0 unspecified atom stereocenters. The third kappa shape index (κ3) is 5.97. The first-order valence-corrected chi connectivity index (χ1v) is 9.09. The summed E-state index contributed by atoms with van der Waals surface area (Å²) < 4.78 is 31.8. The molecule has 1 aromatic rings. The molecule has 8 heteroatoms. The summed E-state index contributed by atoms with van der Waals surface area (Å²) in [6.07, 6.45) is 0.0546. The Labute approximate surface area is 158 Å². The van der Waals surface area contributed by atoms with Crippen molar-refractivity contribution in [2.45, 2.75) is 45.9 Å². The van der Waals surface area contributed by atoms with Crippen LogP contribution < -0.4 is 10.6 Å². The van der Waals surface area contributed by atoms with E-state index in [-0.39, 0.29) is 42.3 Å². The van der Waals surface area contributed by atoms with Crippen LogP contribution in [0.3, 0.4) is 0 Å². The van der Waals surface area contributed by atoms with Crippen LogP contribution in [0.4, 0.5) is 14.5 Å². The van der Waals surface area contributed by atoms with Crippen LogP contribution in [-0.4, -0.2) is 54.6 Å². The summed E-state index contributed by atoms with van der Waals surface area (Å²) in [6, 6.07) is 2.70. The monoisotopic (exact) mass is 383 g/mol. The molecule has 2 N–H and O–H groups in total. The molecule has 3 atom stereocenters. The predicted molar refractivity (Wildman–Crippen MR) is 98.2 cm³/mol. The van der Waals surface area contributed by atoms with E-state index in [1.165, 1.54) is 6.07 Å². The highest BCUT2D eigenvalue weighted by Gasteiger charge is 2.34. The number of anilines is 1. The zero-order valence-electron chi connectivity index (χ0n) is 16.1. The molecular formula is C19H27F2N3O3. The van der Waals surface area contributed by atoms with Gasteiger partial charge in [-0.15, -0.1) is 0 Å². The average Bonchev–Trinajstić information content (AvgIpc) is 2.55. The van der Waals surface area contributed by atoms with Crippen molar-refractivity contribution in [3.63, 3.8) is 0 Å². The molecule has 1 saturated heterocycles. The summed E-state index contributed by atoms with van der Waals surface area (Å²) in [5, 5.41) is 5.07. The number of halogens is 2. The molecule has 0 saturated carbocycles. The second-order valence-electron chi connectivity index (χ2n) is 7.29. The van der Waals surface area contributed by atoms with Crippen LogP contribution in [0, 0.1) is 17.6 Å². The van der Waals surface area contributed by atoms with Gasteiger partial charge in [-0.05, 0) is 31.9 Å². The molecule has 27 heavy (non-hydrogen) atoms. The maximum absolute atomic E-state index is 13.2. The maximum Gasteiger partial charge on any atom is 0.243 e. The van der Waals surface area contributed by atoms with Crippen molar-refractivity contribution in [2.24, 2.45) is 5.92 Å². The van der Waals surface area contributed by atoms with E-state index in [1.54, 1.807) is 0 Å². The third-order valence-corrected chi connectivity index (χ3v) is 4.37. The van der Waals surface area contributed by atoms with Crippen molar-refractivity contribution in [2.75, 3.05) is 25.0 Å². The Hall–Kier alpha value is -2.06. The van der Waals surface area contributed by atoms with Gasteiger partial charge in [0.2, 0.25) is 11.8 Å². The van der Waals surface area contributed by atoms with Gasteiger partial charge in [0.15, 0.2) is 11.6 Å². The van der Waals surface area contributed by atoms with Crippen molar-refractivity contribution < 1.29 is 23.1 Å². The Morgan fingerprint density at radius 3 is 2.37 bits per heavy atom. The van der Waals surface area contributed by atoms with Gasteiger partial charge in [-0.3, -0.25) is 14.5 Å². The van der Waals surface area contributed by atoms with Gasteiger partial charge < -0.3 is 15.4 Å². The van der Waals surface area contributed by atoms with Gasteiger partial charge >= 0.3 is 0 Å². The Morgan fingerprint density at radius 1 is 1.19 bits per heavy atom. The highest BCUT2D eigenvalue weighted by Crippen LogP contribution is 2.19. The number of carbonyl (C=O) groups excluding carboxylic acids is 2. The zero-order valence-corrected chi connectivity index (χ0v) is 16.1. The normalized spacial score (nSPS) is 21.7. The molecule has 0 spiro atoms. The Morgan fingerprint density at radius 2 is 1.81 bits per heavy atom. The number of rotatable bonds is 6. The van der Waals surface area contributed by atoms with Gasteiger partial charge in [-0.2, -0.15) is 0 Å². The number of hydrogen-bond acceptors (Lipinski definition) is 4. The van der Waals surface area contributed by atoms with E-state index >= 15 is 0 Å². The van der Waals surface area contributed by atoms with Crippen LogP contribution in [0.15, 0.2) is 18.2 Å². The number of benzene rings is 1. The molecule has 0 radical (unpaired) electrons. The van der Waals surface area contributed by atoms with E-state index in [0.29, 0.717) is 13.1 Å². The minimum absolute atomic E-state index is 0.0273. The first-order chi connectivity index (χ1) is 12.7. The second kappa shape index (κ2) is 9.23. The quantitative estimate of drug-likeness (QED) is 0.790.